The summed E-state index contributed by atoms with van der Waals surface area (Å²) in [6, 6.07) is 14.9. The molecular weight excluding hydrogens is 392 g/mol. The van der Waals surface area contributed by atoms with Crippen molar-refractivity contribution in [3.63, 3.8) is 0 Å². The van der Waals surface area contributed by atoms with Gasteiger partial charge in [-0.25, -0.2) is 8.42 Å². The smallest absolute Gasteiger partial charge is 0.244 e. The van der Waals surface area contributed by atoms with Crippen molar-refractivity contribution in [2.24, 2.45) is 0 Å². The maximum absolute atomic E-state index is 13.8. The monoisotopic (exact) mass is 414 g/mol. The van der Waals surface area contributed by atoms with E-state index in [2.05, 4.69) is 4.57 Å². The van der Waals surface area contributed by atoms with Gasteiger partial charge in [0.2, 0.25) is 10.0 Å². The average Bonchev–Trinajstić information content (AvgIpc) is 3.09. The van der Waals surface area contributed by atoms with Crippen LogP contribution in [0.15, 0.2) is 59.6 Å². The van der Waals surface area contributed by atoms with Gasteiger partial charge in [-0.05, 0) is 61.7 Å². The fourth-order valence-corrected chi connectivity index (χ4v) is 6.42. The molecule has 3 aromatic rings. The van der Waals surface area contributed by atoms with Crippen molar-refractivity contribution in [3.05, 3.63) is 87.7 Å². The van der Waals surface area contributed by atoms with Crippen LogP contribution in [0.1, 0.15) is 34.0 Å². The van der Waals surface area contributed by atoms with Gasteiger partial charge in [0.05, 0.1) is 10.9 Å². The minimum Gasteiger partial charge on any atom is -0.348 e. The molecule has 0 saturated carbocycles. The fourth-order valence-electron chi connectivity index (χ4n) is 4.29. The van der Waals surface area contributed by atoms with Gasteiger partial charge in [0, 0.05) is 30.0 Å². The Morgan fingerprint density at radius 2 is 1.61 bits per heavy atom. The van der Waals surface area contributed by atoms with Crippen molar-refractivity contribution in [3.8, 4) is 0 Å². The number of aryl methyl sites for hydroxylation is 3. The molecule has 1 atom stereocenters. The van der Waals surface area contributed by atoms with Gasteiger partial charge in [0.1, 0.15) is 0 Å². The van der Waals surface area contributed by atoms with E-state index in [1.165, 1.54) is 0 Å². The summed E-state index contributed by atoms with van der Waals surface area (Å²) in [5.74, 6) is 0. The van der Waals surface area contributed by atoms with E-state index in [0.29, 0.717) is 23.0 Å². The van der Waals surface area contributed by atoms with Crippen molar-refractivity contribution < 1.29 is 8.42 Å². The Hall–Kier alpha value is -2.08. The molecule has 1 aromatic heterocycles. The van der Waals surface area contributed by atoms with Crippen LogP contribution in [0, 0.1) is 20.8 Å². The Labute approximate surface area is 171 Å². The molecule has 28 heavy (non-hydrogen) atoms. The summed E-state index contributed by atoms with van der Waals surface area (Å²) in [4.78, 5) is 0.414. The normalized spacial score (nSPS) is 17.5. The van der Waals surface area contributed by atoms with Gasteiger partial charge in [-0.3, -0.25) is 0 Å². The molecule has 0 N–H and O–H groups in total. The second-order valence-electron chi connectivity index (χ2n) is 7.42. The molecule has 2 aromatic carbocycles. The number of aromatic nitrogens is 1. The zero-order valence-electron chi connectivity index (χ0n) is 16.2. The number of benzene rings is 2. The highest BCUT2D eigenvalue weighted by Crippen LogP contribution is 2.38. The van der Waals surface area contributed by atoms with Crippen molar-refractivity contribution in [2.45, 2.75) is 38.3 Å². The molecule has 4 nitrogen and oxygen atoms in total. The van der Waals surface area contributed by atoms with Gasteiger partial charge in [0.15, 0.2) is 0 Å². The molecule has 146 valence electrons. The molecule has 1 aliphatic rings. The number of fused-ring (bicyclic) bond motifs is 1. The molecule has 4 rings (SSSR count). The van der Waals surface area contributed by atoms with Crippen molar-refractivity contribution in [1.82, 2.24) is 8.87 Å². The number of rotatable bonds is 3. The Balaban J connectivity index is 1.89. The second kappa shape index (κ2) is 7.07. The van der Waals surface area contributed by atoms with Crippen molar-refractivity contribution in [1.29, 1.82) is 0 Å². The third kappa shape index (κ3) is 3.17. The third-order valence-corrected chi connectivity index (χ3v) is 7.77. The maximum Gasteiger partial charge on any atom is 0.244 e. The lowest BCUT2D eigenvalue weighted by Crippen LogP contribution is -2.42. The molecule has 0 fully saturated rings. The summed E-state index contributed by atoms with van der Waals surface area (Å²) < 4.78 is 31.4. The Morgan fingerprint density at radius 3 is 2.25 bits per heavy atom. The largest absolute Gasteiger partial charge is 0.348 e. The van der Waals surface area contributed by atoms with Gasteiger partial charge < -0.3 is 4.57 Å². The van der Waals surface area contributed by atoms with Crippen LogP contribution in [0.5, 0.6) is 0 Å². The van der Waals surface area contributed by atoms with Crippen LogP contribution in [0.4, 0.5) is 0 Å². The summed E-state index contributed by atoms with van der Waals surface area (Å²) in [5.41, 5.74) is 4.52. The maximum atomic E-state index is 13.8. The summed E-state index contributed by atoms with van der Waals surface area (Å²) in [5, 5.41) is 0.634. The Morgan fingerprint density at radius 1 is 0.964 bits per heavy atom. The molecule has 0 radical (unpaired) electrons. The predicted octanol–water partition coefficient (Wildman–Crippen LogP) is 4.86. The summed E-state index contributed by atoms with van der Waals surface area (Å²) in [6.07, 6.45) is 2.00. The lowest BCUT2D eigenvalue weighted by atomic mass is 10.0. The van der Waals surface area contributed by atoms with Gasteiger partial charge in [-0.15, -0.1) is 0 Å². The highest BCUT2D eigenvalue weighted by atomic mass is 35.5. The quantitative estimate of drug-likeness (QED) is 0.614. The van der Waals surface area contributed by atoms with E-state index < -0.39 is 10.0 Å². The molecule has 6 heteroatoms. The van der Waals surface area contributed by atoms with Gasteiger partial charge in [0.25, 0.3) is 0 Å². The molecule has 0 spiro atoms. The molecule has 0 aliphatic carbocycles. The lowest BCUT2D eigenvalue weighted by molar-refractivity contribution is 0.298. The van der Waals surface area contributed by atoms with Crippen LogP contribution in [0.25, 0.3) is 0 Å². The average molecular weight is 415 g/mol. The van der Waals surface area contributed by atoms with Crippen molar-refractivity contribution >= 4 is 21.6 Å². The van der Waals surface area contributed by atoms with Gasteiger partial charge in [-0.2, -0.15) is 4.31 Å². The van der Waals surface area contributed by atoms with E-state index >= 15 is 0 Å². The fraction of sp³-hybridized carbons (Fsp3) is 0.273. The number of hydrogen-bond acceptors (Lipinski definition) is 2. The molecule has 0 saturated heterocycles. The molecule has 0 amide bonds. The number of halogens is 1. The highest BCUT2D eigenvalue weighted by molar-refractivity contribution is 7.89. The minimum atomic E-state index is -3.68. The van der Waals surface area contributed by atoms with Crippen LogP contribution in [-0.4, -0.2) is 23.8 Å². The minimum absolute atomic E-state index is 0.383. The molecule has 2 heterocycles. The third-order valence-electron chi connectivity index (χ3n) is 5.35. The van der Waals surface area contributed by atoms with Crippen LogP contribution in [0.2, 0.25) is 5.02 Å². The molecule has 1 unspecified atom stereocenters. The first-order valence-corrected chi connectivity index (χ1v) is 11.1. The van der Waals surface area contributed by atoms with Crippen molar-refractivity contribution in [2.75, 3.05) is 6.54 Å². The van der Waals surface area contributed by atoms with E-state index in [-0.39, 0.29) is 6.04 Å². The van der Waals surface area contributed by atoms with Crippen LogP contribution in [-0.2, 0) is 16.6 Å². The topological polar surface area (TPSA) is 42.3 Å². The molecular formula is C22H23ClN2O2S. The second-order valence-corrected chi connectivity index (χ2v) is 9.69. The van der Waals surface area contributed by atoms with E-state index in [1.807, 2.05) is 75.5 Å². The van der Waals surface area contributed by atoms with E-state index in [4.69, 9.17) is 11.6 Å². The first-order chi connectivity index (χ1) is 13.3. The standard InChI is InChI=1S/C22H23ClN2O2S/c1-15-13-16(2)22(17(3)14-15)28(26,27)25-12-11-24-10-4-5-20(24)21(25)18-6-8-19(23)9-7-18/h4-10,13-14,21H,11-12H2,1-3H3. The van der Waals surface area contributed by atoms with Crippen LogP contribution in [0.3, 0.4) is 0 Å². The number of sulfonamides is 1. The summed E-state index contributed by atoms with van der Waals surface area (Å²) >= 11 is 6.07. The van der Waals surface area contributed by atoms with E-state index in [9.17, 15) is 8.42 Å². The lowest BCUT2D eigenvalue weighted by Gasteiger charge is -2.37. The highest BCUT2D eigenvalue weighted by Gasteiger charge is 2.38. The summed E-state index contributed by atoms with van der Waals surface area (Å²) in [6.45, 7) is 6.79. The van der Waals surface area contributed by atoms with Crippen LogP contribution < -0.4 is 0 Å². The predicted molar refractivity (Wildman–Crippen MR) is 112 cm³/mol. The SMILES string of the molecule is Cc1cc(C)c(S(=O)(=O)N2CCn3cccc3C2c2ccc(Cl)cc2)c(C)c1. The van der Waals surface area contributed by atoms with E-state index in [0.717, 1.165) is 27.9 Å². The van der Waals surface area contributed by atoms with Crippen LogP contribution >= 0.6 is 11.6 Å². The first-order valence-electron chi connectivity index (χ1n) is 9.29. The number of nitrogens with zero attached hydrogens (tertiary/aromatic N) is 2. The first kappa shape index (κ1) is 19.2. The summed E-state index contributed by atoms with van der Waals surface area (Å²) in [7, 11) is -3.68. The van der Waals surface area contributed by atoms with Gasteiger partial charge >= 0.3 is 0 Å². The Bertz CT molecular complexity index is 1110. The van der Waals surface area contributed by atoms with E-state index in [1.54, 1.807) is 4.31 Å². The zero-order valence-corrected chi connectivity index (χ0v) is 17.8. The number of hydrogen-bond donors (Lipinski definition) is 0. The Kier molecular flexibility index (Phi) is 4.86. The molecule has 1 aliphatic heterocycles. The molecule has 0 bridgehead atoms. The zero-order chi connectivity index (χ0) is 20.1. The van der Waals surface area contributed by atoms with Gasteiger partial charge in [-0.1, -0.05) is 41.4 Å².